The van der Waals surface area contributed by atoms with Crippen molar-refractivity contribution in [1.82, 2.24) is 5.32 Å². The minimum absolute atomic E-state index is 0.0506. The first-order chi connectivity index (χ1) is 9.29. The standard InChI is InChI=1S/C12H12Cl3NO3S/c13-9-5-10(14)11(20(15,18)19)4-8(9)12(17)16-6-7-2-1-3-7/h4-5,7H,1-3,6H2,(H,16,17). The molecule has 4 nitrogen and oxygen atoms in total. The SMILES string of the molecule is O=C(NCC1CCC1)c1cc(S(=O)(=O)Cl)c(Cl)cc1Cl. The fourth-order valence-electron chi connectivity index (χ4n) is 1.92. The molecular formula is C12H12Cl3NO3S. The molecule has 0 atom stereocenters. The lowest BCUT2D eigenvalue weighted by Gasteiger charge is -2.25. The molecule has 8 heteroatoms. The van der Waals surface area contributed by atoms with Crippen molar-refractivity contribution in [3.63, 3.8) is 0 Å². The van der Waals surface area contributed by atoms with Crippen LogP contribution in [0.4, 0.5) is 0 Å². The highest BCUT2D eigenvalue weighted by Crippen LogP contribution is 2.31. The normalized spacial score (nSPS) is 15.8. The largest absolute Gasteiger partial charge is 0.352 e. The quantitative estimate of drug-likeness (QED) is 0.840. The molecule has 0 bridgehead atoms. The number of hydrogen-bond acceptors (Lipinski definition) is 3. The first-order valence-electron chi connectivity index (χ1n) is 6.01. The smallest absolute Gasteiger partial charge is 0.262 e. The van der Waals surface area contributed by atoms with Gasteiger partial charge in [-0.25, -0.2) is 8.42 Å². The van der Waals surface area contributed by atoms with Gasteiger partial charge in [0.2, 0.25) is 0 Å². The average molecular weight is 357 g/mol. The second-order valence-corrected chi connectivity index (χ2v) is 8.06. The molecule has 0 aliphatic heterocycles. The molecule has 0 radical (unpaired) electrons. The van der Waals surface area contributed by atoms with Crippen LogP contribution in [0.2, 0.25) is 10.0 Å². The number of rotatable bonds is 4. The Morgan fingerprint density at radius 2 is 1.90 bits per heavy atom. The van der Waals surface area contributed by atoms with Gasteiger partial charge >= 0.3 is 0 Å². The van der Waals surface area contributed by atoms with Crippen LogP contribution in [0.15, 0.2) is 17.0 Å². The van der Waals surface area contributed by atoms with Gasteiger partial charge in [0.15, 0.2) is 0 Å². The van der Waals surface area contributed by atoms with E-state index in [1.807, 2.05) is 0 Å². The highest BCUT2D eigenvalue weighted by Gasteiger charge is 2.22. The number of carbonyl (C=O) groups excluding carboxylic acids is 1. The molecular weight excluding hydrogens is 345 g/mol. The summed E-state index contributed by atoms with van der Waals surface area (Å²) < 4.78 is 22.7. The fraction of sp³-hybridized carbons (Fsp3) is 0.417. The predicted molar refractivity (Wildman–Crippen MR) is 79.2 cm³/mol. The van der Waals surface area contributed by atoms with Gasteiger partial charge in [-0.2, -0.15) is 0 Å². The summed E-state index contributed by atoms with van der Waals surface area (Å²) in [4.78, 5) is 11.7. The van der Waals surface area contributed by atoms with Gasteiger partial charge in [-0.15, -0.1) is 0 Å². The van der Waals surface area contributed by atoms with Crippen LogP contribution in [0.3, 0.4) is 0 Å². The Hall–Kier alpha value is -0.490. The zero-order valence-electron chi connectivity index (χ0n) is 10.3. The summed E-state index contributed by atoms with van der Waals surface area (Å²) in [6.07, 6.45) is 3.36. The number of nitrogens with one attached hydrogen (secondary N) is 1. The van der Waals surface area contributed by atoms with Crippen molar-refractivity contribution in [3.8, 4) is 0 Å². The van der Waals surface area contributed by atoms with Gasteiger partial charge in [-0.1, -0.05) is 29.6 Å². The maximum atomic E-state index is 12.0. The van der Waals surface area contributed by atoms with Crippen molar-refractivity contribution in [3.05, 3.63) is 27.7 Å². The minimum Gasteiger partial charge on any atom is -0.352 e. The van der Waals surface area contributed by atoms with E-state index >= 15 is 0 Å². The van der Waals surface area contributed by atoms with Gasteiger partial charge in [-0.3, -0.25) is 4.79 Å². The zero-order chi connectivity index (χ0) is 14.9. The van der Waals surface area contributed by atoms with Crippen molar-refractivity contribution in [2.75, 3.05) is 6.54 Å². The van der Waals surface area contributed by atoms with Gasteiger partial charge in [0.25, 0.3) is 15.0 Å². The summed E-state index contributed by atoms with van der Waals surface area (Å²) in [5.41, 5.74) is 0.0506. The van der Waals surface area contributed by atoms with E-state index < -0.39 is 15.0 Å². The van der Waals surface area contributed by atoms with Gasteiger partial charge in [0, 0.05) is 17.2 Å². The Balaban J connectivity index is 2.23. The Labute approximate surface area is 131 Å². The summed E-state index contributed by atoms with van der Waals surface area (Å²) in [6.45, 7) is 0.556. The summed E-state index contributed by atoms with van der Waals surface area (Å²) >= 11 is 11.7. The van der Waals surface area contributed by atoms with E-state index in [-0.39, 0.29) is 20.5 Å². The van der Waals surface area contributed by atoms with Gasteiger partial charge < -0.3 is 5.32 Å². The van der Waals surface area contributed by atoms with E-state index in [9.17, 15) is 13.2 Å². The van der Waals surface area contributed by atoms with E-state index in [1.165, 1.54) is 12.5 Å². The van der Waals surface area contributed by atoms with Crippen molar-refractivity contribution in [2.45, 2.75) is 24.2 Å². The molecule has 1 amide bonds. The lowest BCUT2D eigenvalue weighted by Crippen LogP contribution is -2.32. The molecule has 0 unspecified atom stereocenters. The van der Waals surface area contributed by atoms with E-state index in [4.69, 9.17) is 33.9 Å². The Bertz CT molecular complexity index is 642. The van der Waals surface area contributed by atoms with Crippen LogP contribution < -0.4 is 5.32 Å². The van der Waals surface area contributed by atoms with Gasteiger partial charge in [0.1, 0.15) is 4.90 Å². The second kappa shape index (κ2) is 6.10. The third-order valence-electron chi connectivity index (χ3n) is 3.30. The molecule has 1 aromatic carbocycles. The van der Waals surface area contributed by atoms with Crippen LogP contribution in [0.1, 0.15) is 29.6 Å². The third-order valence-corrected chi connectivity index (χ3v) is 5.40. The number of benzene rings is 1. The molecule has 0 spiro atoms. The fourth-order valence-corrected chi connectivity index (χ4v) is 3.74. The Morgan fingerprint density at radius 3 is 2.40 bits per heavy atom. The monoisotopic (exact) mass is 355 g/mol. The topological polar surface area (TPSA) is 63.2 Å². The van der Waals surface area contributed by atoms with Crippen molar-refractivity contribution in [1.29, 1.82) is 0 Å². The lowest BCUT2D eigenvalue weighted by molar-refractivity contribution is 0.0939. The highest BCUT2D eigenvalue weighted by atomic mass is 35.7. The lowest BCUT2D eigenvalue weighted by atomic mass is 9.85. The zero-order valence-corrected chi connectivity index (χ0v) is 13.4. The van der Waals surface area contributed by atoms with Crippen molar-refractivity contribution >= 4 is 48.8 Å². The number of amides is 1. The average Bonchev–Trinajstić information content (AvgIpc) is 2.24. The molecule has 1 saturated carbocycles. The number of carbonyl (C=O) groups is 1. The molecule has 0 heterocycles. The number of halogens is 3. The summed E-state index contributed by atoms with van der Waals surface area (Å²) in [6, 6.07) is 2.31. The second-order valence-electron chi connectivity index (χ2n) is 4.71. The Kier molecular flexibility index (Phi) is 4.84. The van der Waals surface area contributed by atoms with E-state index in [0.717, 1.165) is 18.9 Å². The van der Waals surface area contributed by atoms with E-state index in [0.29, 0.717) is 12.5 Å². The summed E-state index contributed by atoms with van der Waals surface area (Å²) in [7, 11) is 1.24. The number of hydrogen-bond donors (Lipinski definition) is 1. The minimum atomic E-state index is -4.03. The van der Waals surface area contributed by atoms with Gasteiger partial charge in [0.05, 0.1) is 15.6 Å². The molecule has 0 aromatic heterocycles. The van der Waals surface area contributed by atoms with Crippen LogP contribution in [-0.2, 0) is 9.05 Å². The molecule has 1 N–H and O–H groups in total. The molecule has 1 fully saturated rings. The predicted octanol–water partition coefficient (Wildman–Crippen LogP) is 3.45. The highest BCUT2D eigenvalue weighted by molar-refractivity contribution is 8.13. The van der Waals surface area contributed by atoms with Crippen LogP contribution in [-0.4, -0.2) is 20.9 Å². The molecule has 1 aliphatic carbocycles. The summed E-state index contributed by atoms with van der Waals surface area (Å²) in [5.74, 6) is 0.0568. The van der Waals surface area contributed by atoms with Crippen LogP contribution in [0, 0.1) is 5.92 Å². The van der Waals surface area contributed by atoms with Crippen molar-refractivity contribution in [2.24, 2.45) is 5.92 Å². The van der Waals surface area contributed by atoms with Gasteiger partial charge in [-0.05, 0) is 30.9 Å². The first kappa shape index (κ1) is 15.9. The van der Waals surface area contributed by atoms with Crippen LogP contribution >= 0.6 is 33.9 Å². The van der Waals surface area contributed by atoms with Crippen molar-refractivity contribution < 1.29 is 13.2 Å². The van der Waals surface area contributed by atoms with E-state index in [2.05, 4.69) is 5.32 Å². The molecule has 20 heavy (non-hydrogen) atoms. The first-order valence-corrected chi connectivity index (χ1v) is 9.07. The molecule has 1 aliphatic rings. The molecule has 0 saturated heterocycles. The molecule has 110 valence electrons. The maximum Gasteiger partial charge on any atom is 0.262 e. The van der Waals surface area contributed by atoms with E-state index in [1.54, 1.807) is 0 Å². The maximum absolute atomic E-state index is 12.0. The van der Waals surface area contributed by atoms with Crippen LogP contribution in [0.5, 0.6) is 0 Å². The van der Waals surface area contributed by atoms with Crippen LogP contribution in [0.25, 0.3) is 0 Å². The summed E-state index contributed by atoms with van der Waals surface area (Å²) in [5, 5.41) is 2.71. The molecule has 1 aromatic rings. The Morgan fingerprint density at radius 1 is 1.25 bits per heavy atom. The molecule has 2 rings (SSSR count). The third kappa shape index (κ3) is 3.58.